The Morgan fingerprint density at radius 1 is 1.26 bits per heavy atom. The summed E-state index contributed by atoms with van der Waals surface area (Å²) in [5, 5.41) is -0.263. The van der Waals surface area contributed by atoms with Gasteiger partial charge < -0.3 is 14.1 Å². The van der Waals surface area contributed by atoms with Gasteiger partial charge in [0.05, 0.1) is 18.1 Å². The summed E-state index contributed by atoms with van der Waals surface area (Å²) in [6.07, 6.45) is 5.26. The number of thioether (sulfide) groups is 1. The number of hydrogen-bond acceptors (Lipinski definition) is 6. The van der Waals surface area contributed by atoms with Gasteiger partial charge in [-0.15, -0.1) is 0 Å². The lowest BCUT2D eigenvalue weighted by molar-refractivity contribution is -0.123. The van der Waals surface area contributed by atoms with Crippen LogP contribution in [0.3, 0.4) is 0 Å². The topological polar surface area (TPSA) is 63.0 Å². The number of anilines is 1. The second kappa shape index (κ2) is 7.23. The van der Waals surface area contributed by atoms with Crippen molar-refractivity contribution in [2.45, 2.75) is 19.3 Å². The standard InChI is InChI=1S/C16H20N2O4S/c1-21-10-9-18-15(19)13(23-16(18)20)11-12-5-6-14(22-12)17-7-3-2-4-8-17/h5-6,11H,2-4,7-10H2,1H3/b13-11+. The minimum atomic E-state index is -0.284. The third-order valence-corrected chi connectivity index (χ3v) is 4.85. The maximum Gasteiger partial charge on any atom is 0.293 e. The molecule has 124 valence electrons. The van der Waals surface area contributed by atoms with E-state index < -0.39 is 0 Å². The molecule has 3 rings (SSSR count). The highest BCUT2D eigenvalue weighted by Gasteiger charge is 2.34. The van der Waals surface area contributed by atoms with Crippen LogP contribution >= 0.6 is 11.8 Å². The molecule has 7 heteroatoms. The molecule has 0 aromatic carbocycles. The molecule has 2 saturated heterocycles. The molecule has 0 N–H and O–H groups in total. The van der Waals surface area contributed by atoms with Crippen LogP contribution in [0.4, 0.5) is 10.7 Å². The van der Waals surface area contributed by atoms with Crippen molar-refractivity contribution >= 4 is 34.9 Å². The second-order valence-corrected chi connectivity index (χ2v) is 6.54. The lowest BCUT2D eigenvalue weighted by Crippen LogP contribution is -2.31. The molecule has 0 atom stereocenters. The van der Waals surface area contributed by atoms with Crippen molar-refractivity contribution in [3.8, 4) is 0 Å². The van der Waals surface area contributed by atoms with Crippen LogP contribution in [-0.4, -0.2) is 49.4 Å². The van der Waals surface area contributed by atoms with Crippen molar-refractivity contribution < 1.29 is 18.7 Å². The van der Waals surface area contributed by atoms with Gasteiger partial charge in [0.2, 0.25) is 0 Å². The summed E-state index contributed by atoms with van der Waals surface area (Å²) in [7, 11) is 1.54. The van der Waals surface area contributed by atoms with Gasteiger partial charge in [-0.3, -0.25) is 14.5 Å². The first-order valence-electron chi connectivity index (χ1n) is 7.78. The van der Waals surface area contributed by atoms with Crippen molar-refractivity contribution in [1.82, 2.24) is 4.90 Å². The molecule has 23 heavy (non-hydrogen) atoms. The zero-order valence-electron chi connectivity index (χ0n) is 13.1. The number of furan rings is 1. The van der Waals surface area contributed by atoms with E-state index in [0.29, 0.717) is 17.3 Å². The SMILES string of the molecule is COCCN1C(=O)S/C(=C/c2ccc(N3CCCCC3)o2)C1=O. The maximum absolute atomic E-state index is 12.2. The highest BCUT2D eigenvalue weighted by atomic mass is 32.2. The fraction of sp³-hybridized carbons (Fsp3) is 0.500. The van der Waals surface area contributed by atoms with Gasteiger partial charge in [0, 0.05) is 32.3 Å². The summed E-state index contributed by atoms with van der Waals surface area (Å²) in [6, 6.07) is 3.76. The van der Waals surface area contributed by atoms with Crippen LogP contribution in [-0.2, 0) is 9.53 Å². The summed E-state index contributed by atoms with van der Waals surface area (Å²) in [6.45, 7) is 2.61. The molecule has 0 aliphatic carbocycles. The minimum Gasteiger partial charge on any atom is -0.441 e. The highest BCUT2D eigenvalue weighted by Crippen LogP contribution is 2.33. The van der Waals surface area contributed by atoms with Crippen LogP contribution in [0, 0.1) is 0 Å². The number of ether oxygens (including phenoxy) is 1. The molecule has 2 amide bonds. The van der Waals surface area contributed by atoms with E-state index in [2.05, 4.69) is 4.90 Å². The molecule has 2 aliphatic heterocycles. The number of nitrogens with zero attached hydrogens (tertiary/aromatic N) is 2. The minimum absolute atomic E-state index is 0.263. The molecule has 2 fully saturated rings. The Hall–Kier alpha value is -1.73. The molecule has 0 spiro atoms. The summed E-state index contributed by atoms with van der Waals surface area (Å²) >= 11 is 0.941. The molecule has 6 nitrogen and oxygen atoms in total. The number of hydrogen-bond donors (Lipinski definition) is 0. The van der Waals surface area contributed by atoms with Crippen molar-refractivity contribution in [3.63, 3.8) is 0 Å². The monoisotopic (exact) mass is 336 g/mol. The largest absolute Gasteiger partial charge is 0.441 e. The normalized spacial score (nSPS) is 20.8. The Morgan fingerprint density at radius 3 is 2.78 bits per heavy atom. The van der Waals surface area contributed by atoms with E-state index in [1.54, 1.807) is 13.2 Å². The second-order valence-electron chi connectivity index (χ2n) is 5.55. The Bertz CT molecular complexity index is 619. The average Bonchev–Trinajstić information content (AvgIpc) is 3.13. The van der Waals surface area contributed by atoms with E-state index >= 15 is 0 Å². The quantitative estimate of drug-likeness (QED) is 0.770. The molecular weight excluding hydrogens is 316 g/mol. The van der Waals surface area contributed by atoms with Crippen LogP contribution in [0.2, 0.25) is 0 Å². The number of imide groups is 1. The molecule has 1 aromatic heterocycles. The van der Waals surface area contributed by atoms with Gasteiger partial charge in [-0.05, 0) is 37.1 Å². The van der Waals surface area contributed by atoms with E-state index in [0.717, 1.165) is 30.7 Å². The summed E-state index contributed by atoms with van der Waals surface area (Å²) in [5.41, 5.74) is 0. The molecule has 1 aromatic rings. The first-order chi connectivity index (χ1) is 11.2. The van der Waals surface area contributed by atoms with Crippen molar-refractivity contribution in [1.29, 1.82) is 0 Å². The van der Waals surface area contributed by atoms with Crippen molar-refractivity contribution in [2.24, 2.45) is 0 Å². The number of rotatable bonds is 5. The fourth-order valence-electron chi connectivity index (χ4n) is 2.71. The van der Waals surface area contributed by atoms with Crippen LogP contribution in [0.5, 0.6) is 0 Å². The van der Waals surface area contributed by atoms with E-state index in [-0.39, 0.29) is 17.7 Å². The van der Waals surface area contributed by atoms with Crippen LogP contribution < -0.4 is 4.90 Å². The first kappa shape index (κ1) is 16.1. The molecular formula is C16H20N2O4S. The third kappa shape index (κ3) is 3.61. The van der Waals surface area contributed by atoms with Gasteiger partial charge in [0.1, 0.15) is 5.76 Å². The Labute approximate surface area is 139 Å². The molecule has 3 heterocycles. The van der Waals surface area contributed by atoms with Crippen molar-refractivity contribution in [3.05, 3.63) is 22.8 Å². The summed E-state index contributed by atoms with van der Waals surface area (Å²) < 4.78 is 10.7. The Kier molecular flexibility index (Phi) is 5.07. The molecule has 0 radical (unpaired) electrons. The van der Waals surface area contributed by atoms with Crippen LogP contribution in [0.25, 0.3) is 6.08 Å². The first-order valence-corrected chi connectivity index (χ1v) is 8.60. The van der Waals surface area contributed by atoms with Gasteiger partial charge >= 0.3 is 0 Å². The smallest absolute Gasteiger partial charge is 0.293 e. The van der Waals surface area contributed by atoms with Gasteiger partial charge in [0.15, 0.2) is 5.88 Å². The van der Waals surface area contributed by atoms with Crippen LogP contribution in [0.1, 0.15) is 25.0 Å². The van der Waals surface area contributed by atoms with Gasteiger partial charge in [-0.2, -0.15) is 0 Å². The number of carbonyl (C=O) groups excluding carboxylic acids is 2. The maximum atomic E-state index is 12.2. The third-order valence-electron chi connectivity index (χ3n) is 3.95. The van der Waals surface area contributed by atoms with Crippen molar-refractivity contribution in [2.75, 3.05) is 38.3 Å². The number of methoxy groups -OCH3 is 1. The number of amides is 2. The van der Waals surface area contributed by atoms with Gasteiger partial charge in [0.25, 0.3) is 11.1 Å². The number of piperidine rings is 1. The van der Waals surface area contributed by atoms with Gasteiger partial charge in [-0.25, -0.2) is 0 Å². The Balaban J connectivity index is 1.70. The predicted octanol–water partition coefficient (Wildman–Crippen LogP) is 2.95. The lowest BCUT2D eigenvalue weighted by atomic mass is 10.1. The number of carbonyl (C=O) groups is 2. The molecule has 0 saturated carbocycles. The van der Waals surface area contributed by atoms with E-state index in [1.165, 1.54) is 24.2 Å². The molecule has 0 unspecified atom stereocenters. The highest BCUT2D eigenvalue weighted by molar-refractivity contribution is 8.18. The average molecular weight is 336 g/mol. The van der Waals surface area contributed by atoms with Crippen LogP contribution in [0.15, 0.2) is 21.5 Å². The van der Waals surface area contributed by atoms with E-state index in [9.17, 15) is 9.59 Å². The summed E-state index contributed by atoms with van der Waals surface area (Å²) in [5.74, 6) is 1.14. The molecule has 2 aliphatic rings. The molecule has 0 bridgehead atoms. The van der Waals surface area contributed by atoms with E-state index in [4.69, 9.17) is 9.15 Å². The zero-order chi connectivity index (χ0) is 16.2. The lowest BCUT2D eigenvalue weighted by Gasteiger charge is -2.25. The fourth-order valence-corrected chi connectivity index (χ4v) is 3.55. The predicted molar refractivity (Wildman–Crippen MR) is 89.3 cm³/mol. The zero-order valence-corrected chi connectivity index (χ0v) is 13.9. The summed E-state index contributed by atoms with van der Waals surface area (Å²) in [4.78, 5) is 27.9. The van der Waals surface area contributed by atoms with Gasteiger partial charge in [-0.1, -0.05) is 0 Å². The Morgan fingerprint density at radius 2 is 2.04 bits per heavy atom. The van der Waals surface area contributed by atoms with E-state index in [1.807, 2.05) is 12.1 Å².